The quantitative estimate of drug-likeness (QED) is 0.711. The molecule has 0 spiro atoms. The van der Waals surface area contributed by atoms with E-state index in [0.29, 0.717) is 6.61 Å². The van der Waals surface area contributed by atoms with Crippen LogP contribution in [-0.2, 0) is 6.54 Å². The molecular formula is C14H21NO. The van der Waals surface area contributed by atoms with Gasteiger partial charge in [0, 0.05) is 6.54 Å². The molecule has 0 bridgehead atoms. The van der Waals surface area contributed by atoms with Gasteiger partial charge in [0.25, 0.3) is 0 Å². The van der Waals surface area contributed by atoms with Crippen LogP contribution < -0.4 is 10.1 Å². The van der Waals surface area contributed by atoms with Gasteiger partial charge in [0.05, 0.1) is 0 Å². The van der Waals surface area contributed by atoms with Crippen LogP contribution in [0.5, 0.6) is 5.75 Å². The molecule has 1 rings (SSSR count). The third-order valence-corrected chi connectivity index (χ3v) is 2.45. The molecule has 2 nitrogen and oxygen atoms in total. The van der Waals surface area contributed by atoms with Crippen molar-refractivity contribution in [3.63, 3.8) is 0 Å². The minimum Gasteiger partial charge on any atom is -0.489 e. The minimum absolute atomic E-state index is 0.614. The van der Waals surface area contributed by atoms with Gasteiger partial charge in [0.1, 0.15) is 12.4 Å². The molecule has 0 aromatic heterocycles. The summed E-state index contributed by atoms with van der Waals surface area (Å²) in [5.41, 5.74) is 2.40. The molecule has 0 unspecified atom stereocenters. The molecule has 0 amide bonds. The lowest BCUT2D eigenvalue weighted by atomic mass is 10.2. The van der Waals surface area contributed by atoms with Crippen molar-refractivity contribution in [2.75, 3.05) is 13.2 Å². The van der Waals surface area contributed by atoms with Crippen LogP contribution in [0.4, 0.5) is 0 Å². The summed E-state index contributed by atoms with van der Waals surface area (Å²) >= 11 is 0. The fourth-order valence-electron chi connectivity index (χ4n) is 1.26. The summed E-state index contributed by atoms with van der Waals surface area (Å²) in [6.07, 6.45) is 0.971. The average molecular weight is 219 g/mol. The van der Waals surface area contributed by atoms with Gasteiger partial charge in [0.15, 0.2) is 0 Å². The Morgan fingerprint density at radius 1 is 1.25 bits per heavy atom. The fraction of sp³-hybridized carbons (Fsp3) is 0.429. The highest BCUT2D eigenvalue weighted by atomic mass is 16.5. The minimum atomic E-state index is 0.614. The van der Waals surface area contributed by atoms with Gasteiger partial charge in [-0.15, -0.1) is 0 Å². The van der Waals surface area contributed by atoms with Gasteiger partial charge in [0.2, 0.25) is 0 Å². The average Bonchev–Trinajstić information content (AvgIpc) is 2.34. The molecule has 88 valence electrons. The van der Waals surface area contributed by atoms with E-state index in [1.165, 1.54) is 5.56 Å². The number of nitrogens with one attached hydrogen (secondary N) is 1. The fourth-order valence-corrected chi connectivity index (χ4v) is 1.26. The van der Waals surface area contributed by atoms with Crippen LogP contribution in [0.2, 0.25) is 0 Å². The van der Waals surface area contributed by atoms with Gasteiger partial charge in [-0.3, -0.25) is 0 Å². The Hall–Kier alpha value is -1.28. The van der Waals surface area contributed by atoms with E-state index >= 15 is 0 Å². The van der Waals surface area contributed by atoms with E-state index in [4.69, 9.17) is 4.74 Å². The highest BCUT2D eigenvalue weighted by Crippen LogP contribution is 2.13. The third kappa shape index (κ3) is 4.49. The van der Waals surface area contributed by atoms with Crippen LogP contribution in [0.25, 0.3) is 0 Å². The first kappa shape index (κ1) is 12.8. The summed E-state index contributed by atoms with van der Waals surface area (Å²) < 4.78 is 5.60. The predicted molar refractivity (Wildman–Crippen MR) is 68.7 cm³/mol. The molecule has 1 N–H and O–H groups in total. The summed E-state index contributed by atoms with van der Waals surface area (Å²) in [6, 6.07) is 8.20. The summed E-state index contributed by atoms with van der Waals surface area (Å²) in [5.74, 6) is 0.912. The van der Waals surface area contributed by atoms with Gasteiger partial charge in [-0.1, -0.05) is 32.6 Å². The van der Waals surface area contributed by atoms with Crippen molar-refractivity contribution >= 4 is 0 Å². The molecule has 16 heavy (non-hydrogen) atoms. The van der Waals surface area contributed by atoms with Crippen LogP contribution in [-0.4, -0.2) is 13.2 Å². The normalized spacial score (nSPS) is 10.1. The van der Waals surface area contributed by atoms with E-state index in [-0.39, 0.29) is 0 Å². The Kier molecular flexibility index (Phi) is 5.65. The summed E-state index contributed by atoms with van der Waals surface area (Å²) in [7, 11) is 0. The molecule has 2 heteroatoms. The molecule has 0 aliphatic rings. The van der Waals surface area contributed by atoms with Crippen molar-refractivity contribution in [1.82, 2.24) is 5.32 Å². The van der Waals surface area contributed by atoms with E-state index < -0.39 is 0 Å². The molecule has 0 aliphatic heterocycles. The first-order chi connectivity index (χ1) is 7.76. The smallest absolute Gasteiger partial charge is 0.119 e. The Balaban J connectivity index is 2.41. The number of rotatable bonds is 7. The van der Waals surface area contributed by atoms with Crippen LogP contribution in [0.3, 0.4) is 0 Å². The number of hydrogen-bond donors (Lipinski definition) is 1. The molecular weight excluding hydrogens is 198 g/mol. The zero-order valence-corrected chi connectivity index (χ0v) is 10.3. The number of hydrogen-bond acceptors (Lipinski definition) is 2. The van der Waals surface area contributed by atoms with Gasteiger partial charge in [-0.05, 0) is 36.2 Å². The van der Waals surface area contributed by atoms with Crippen molar-refractivity contribution in [2.24, 2.45) is 0 Å². The maximum atomic E-state index is 5.60. The van der Waals surface area contributed by atoms with Crippen molar-refractivity contribution in [3.05, 3.63) is 42.0 Å². The van der Waals surface area contributed by atoms with E-state index in [0.717, 1.165) is 30.8 Å². The van der Waals surface area contributed by atoms with Gasteiger partial charge < -0.3 is 10.1 Å². The molecule has 0 aliphatic carbocycles. The lowest BCUT2D eigenvalue weighted by molar-refractivity contribution is 0.349. The third-order valence-electron chi connectivity index (χ3n) is 2.45. The van der Waals surface area contributed by atoms with Crippen LogP contribution in [0, 0.1) is 0 Å². The highest BCUT2D eigenvalue weighted by molar-refractivity contribution is 5.27. The van der Waals surface area contributed by atoms with Gasteiger partial charge >= 0.3 is 0 Å². The lowest BCUT2D eigenvalue weighted by Gasteiger charge is -2.08. The largest absolute Gasteiger partial charge is 0.489 e. The van der Waals surface area contributed by atoms with Gasteiger partial charge in [-0.25, -0.2) is 0 Å². The maximum Gasteiger partial charge on any atom is 0.119 e. The first-order valence-electron chi connectivity index (χ1n) is 5.85. The Labute approximate surface area is 98.3 Å². The van der Waals surface area contributed by atoms with E-state index in [1.807, 2.05) is 12.1 Å². The van der Waals surface area contributed by atoms with Crippen LogP contribution >= 0.6 is 0 Å². The second-order valence-corrected chi connectivity index (χ2v) is 3.82. The van der Waals surface area contributed by atoms with Crippen molar-refractivity contribution < 1.29 is 4.74 Å². The second-order valence-electron chi connectivity index (χ2n) is 3.82. The Morgan fingerprint density at radius 3 is 2.50 bits per heavy atom. The zero-order valence-electron chi connectivity index (χ0n) is 10.3. The first-order valence-corrected chi connectivity index (χ1v) is 5.85. The number of ether oxygens (including phenoxy) is 1. The van der Waals surface area contributed by atoms with E-state index in [2.05, 4.69) is 37.9 Å². The second kappa shape index (κ2) is 7.07. The van der Waals surface area contributed by atoms with Crippen molar-refractivity contribution in [1.29, 1.82) is 0 Å². The molecule has 0 saturated carbocycles. The molecule has 0 saturated heterocycles. The van der Waals surface area contributed by atoms with E-state index in [1.54, 1.807) is 0 Å². The van der Waals surface area contributed by atoms with E-state index in [9.17, 15) is 0 Å². The molecule has 0 heterocycles. The Bertz CT molecular complexity index is 316. The van der Waals surface area contributed by atoms with Crippen LogP contribution in [0.15, 0.2) is 36.4 Å². The number of benzene rings is 1. The predicted octanol–water partition coefficient (Wildman–Crippen LogP) is 3.14. The van der Waals surface area contributed by atoms with Crippen molar-refractivity contribution in [2.45, 2.75) is 26.8 Å². The molecule has 0 atom stereocenters. The standard InChI is InChI=1S/C14H21NO/c1-4-12(3)11-16-14-8-6-13(7-9-14)10-15-5-2/h6-9,15H,3-5,10-11H2,1-2H3. The lowest BCUT2D eigenvalue weighted by Crippen LogP contribution is -2.11. The molecule has 0 radical (unpaired) electrons. The monoisotopic (exact) mass is 219 g/mol. The Morgan fingerprint density at radius 2 is 1.94 bits per heavy atom. The molecule has 1 aromatic rings. The summed E-state index contributed by atoms with van der Waals surface area (Å²) in [6.45, 7) is 10.6. The summed E-state index contributed by atoms with van der Waals surface area (Å²) in [4.78, 5) is 0. The molecule has 0 fully saturated rings. The maximum absolute atomic E-state index is 5.60. The van der Waals surface area contributed by atoms with Gasteiger partial charge in [-0.2, -0.15) is 0 Å². The SMILES string of the molecule is C=C(CC)COc1ccc(CNCC)cc1. The zero-order chi connectivity index (χ0) is 11.8. The highest BCUT2D eigenvalue weighted by Gasteiger charge is 1.96. The topological polar surface area (TPSA) is 21.3 Å². The summed E-state index contributed by atoms with van der Waals surface area (Å²) in [5, 5.41) is 3.29. The van der Waals surface area contributed by atoms with Crippen LogP contribution in [0.1, 0.15) is 25.8 Å². The molecule has 1 aromatic carbocycles. The van der Waals surface area contributed by atoms with Crippen molar-refractivity contribution in [3.8, 4) is 5.75 Å².